The van der Waals surface area contributed by atoms with Crippen molar-refractivity contribution in [2.45, 2.75) is 25.1 Å². The Morgan fingerprint density at radius 1 is 1.50 bits per heavy atom. The van der Waals surface area contributed by atoms with E-state index in [1.54, 1.807) is 0 Å². The average molecular weight is 228 g/mol. The number of nitrogens with two attached hydrogens (primary N) is 1. The number of hydrogen-bond acceptors (Lipinski definition) is 2. The zero-order chi connectivity index (χ0) is 10.1. The highest BCUT2D eigenvalue weighted by Crippen LogP contribution is 2.34. The Bertz CT molecular complexity index is 351. The van der Waals surface area contributed by atoms with Gasteiger partial charge in [-0.05, 0) is 41.9 Å². The Kier molecular flexibility index (Phi) is 3.05. The molecule has 1 nitrogen and oxygen atoms in total. The predicted octanol–water partition coefficient (Wildman–Crippen LogP) is 3.29. The van der Waals surface area contributed by atoms with Gasteiger partial charge in [0, 0.05) is 16.8 Å². The summed E-state index contributed by atoms with van der Waals surface area (Å²) < 4.78 is 0. The molecule has 0 saturated heterocycles. The topological polar surface area (TPSA) is 26.0 Å². The fourth-order valence-corrected chi connectivity index (χ4v) is 3.34. The van der Waals surface area contributed by atoms with Crippen LogP contribution in [0.2, 0.25) is 5.02 Å². The first kappa shape index (κ1) is 10.3. The SMILES string of the molecule is Cc1cc(Cl)c2c(c1)C(N)CCSC2. The van der Waals surface area contributed by atoms with Gasteiger partial charge in [-0.2, -0.15) is 11.8 Å². The maximum atomic E-state index is 6.22. The molecule has 76 valence electrons. The van der Waals surface area contributed by atoms with Crippen molar-refractivity contribution in [3.63, 3.8) is 0 Å². The number of hydrogen-bond donors (Lipinski definition) is 1. The first-order chi connectivity index (χ1) is 6.68. The number of rotatable bonds is 0. The normalized spacial score (nSPS) is 21.5. The van der Waals surface area contributed by atoms with Gasteiger partial charge in [0.15, 0.2) is 0 Å². The lowest BCUT2D eigenvalue weighted by Gasteiger charge is -2.14. The molecule has 0 amide bonds. The van der Waals surface area contributed by atoms with Crippen LogP contribution in [0.1, 0.15) is 29.2 Å². The van der Waals surface area contributed by atoms with Crippen LogP contribution in [0.25, 0.3) is 0 Å². The Morgan fingerprint density at radius 3 is 3.07 bits per heavy atom. The Morgan fingerprint density at radius 2 is 2.29 bits per heavy atom. The molecule has 3 heteroatoms. The standard InChI is InChI=1S/C11H14ClNS/c1-7-4-8-9(10(12)5-7)6-14-3-2-11(8)13/h4-5,11H,2-3,6,13H2,1H3. The summed E-state index contributed by atoms with van der Waals surface area (Å²) in [6, 6.07) is 4.37. The quantitative estimate of drug-likeness (QED) is 0.736. The molecule has 1 atom stereocenters. The molecule has 0 bridgehead atoms. The molecule has 0 spiro atoms. The smallest absolute Gasteiger partial charge is 0.0452 e. The van der Waals surface area contributed by atoms with Gasteiger partial charge in [-0.15, -0.1) is 0 Å². The van der Waals surface area contributed by atoms with Crippen molar-refractivity contribution in [1.29, 1.82) is 0 Å². The molecule has 0 fully saturated rings. The molecule has 1 aliphatic heterocycles. The van der Waals surface area contributed by atoms with E-state index in [2.05, 4.69) is 13.0 Å². The van der Waals surface area contributed by atoms with Crippen molar-refractivity contribution in [2.75, 3.05) is 5.75 Å². The summed E-state index contributed by atoms with van der Waals surface area (Å²) >= 11 is 8.13. The van der Waals surface area contributed by atoms with Crippen LogP contribution in [0, 0.1) is 6.92 Å². The number of halogens is 1. The highest BCUT2D eigenvalue weighted by Gasteiger charge is 2.17. The zero-order valence-electron chi connectivity index (χ0n) is 8.22. The lowest BCUT2D eigenvalue weighted by Crippen LogP contribution is -2.11. The molecule has 1 aromatic rings. The van der Waals surface area contributed by atoms with Crippen LogP contribution >= 0.6 is 23.4 Å². The van der Waals surface area contributed by atoms with Crippen molar-refractivity contribution in [3.05, 3.63) is 33.8 Å². The van der Waals surface area contributed by atoms with Crippen LogP contribution in [0.15, 0.2) is 12.1 Å². The van der Waals surface area contributed by atoms with E-state index in [1.165, 1.54) is 16.7 Å². The number of thioether (sulfide) groups is 1. The Labute approximate surface area is 94.0 Å². The van der Waals surface area contributed by atoms with E-state index in [1.807, 2.05) is 17.8 Å². The lowest BCUT2D eigenvalue weighted by molar-refractivity contribution is 0.705. The molecular formula is C11H14ClNS. The third kappa shape index (κ3) is 1.92. The number of fused-ring (bicyclic) bond motifs is 1. The van der Waals surface area contributed by atoms with Gasteiger partial charge in [-0.25, -0.2) is 0 Å². The molecular weight excluding hydrogens is 214 g/mol. The Hall–Kier alpha value is -0.180. The molecule has 2 rings (SSSR count). The number of aryl methyl sites for hydroxylation is 1. The highest BCUT2D eigenvalue weighted by atomic mass is 35.5. The minimum atomic E-state index is 0.164. The third-order valence-electron chi connectivity index (χ3n) is 2.59. The van der Waals surface area contributed by atoms with Gasteiger partial charge < -0.3 is 5.73 Å². The van der Waals surface area contributed by atoms with E-state index in [9.17, 15) is 0 Å². The summed E-state index contributed by atoms with van der Waals surface area (Å²) in [5, 5.41) is 0.879. The summed E-state index contributed by atoms with van der Waals surface area (Å²) in [6.07, 6.45) is 1.05. The molecule has 0 radical (unpaired) electrons. The molecule has 2 N–H and O–H groups in total. The largest absolute Gasteiger partial charge is 0.324 e. The monoisotopic (exact) mass is 227 g/mol. The minimum absolute atomic E-state index is 0.164. The van der Waals surface area contributed by atoms with Crippen molar-refractivity contribution < 1.29 is 0 Å². The van der Waals surface area contributed by atoms with Crippen LogP contribution in [0.4, 0.5) is 0 Å². The van der Waals surface area contributed by atoms with E-state index in [0.717, 1.165) is 22.9 Å². The van der Waals surface area contributed by atoms with Crippen molar-refractivity contribution in [1.82, 2.24) is 0 Å². The van der Waals surface area contributed by atoms with Gasteiger partial charge in [0.1, 0.15) is 0 Å². The summed E-state index contributed by atoms with van der Waals surface area (Å²) in [5.74, 6) is 2.13. The van der Waals surface area contributed by atoms with E-state index >= 15 is 0 Å². The fraction of sp³-hybridized carbons (Fsp3) is 0.455. The maximum absolute atomic E-state index is 6.22. The summed E-state index contributed by atoms with van der Waals surface area (Å²) in [6.45, 7) is 2.07. The van der Waals surface area contributed by atoms with Crippen LogP contribution in [-0.4, -0.2) is 5.75 Å². The van der Waals surface area contributed by atoms with Crippen LogP contribution in [-0.2, 0) is 5.75 Å². The second-order valence-corrected chi connectivity index (χ2v) is 5.27. The van der Waals surface area contributed by atoms with Gasteiger partial charge in [-0.1, -0.05) is 17.7 Å². The predicted molar refractivity (Wildman–Crippen MR) is 63.9 cm³/mol. The van der Waals surface area contributed by atoms with E-state index in [-0.39, 0.29) is 6.04 Å². The molecule has 0 aromatic heterocycles. The van der Waals surface area contributed by atoms with Gasteiger partial charge in [0.05, 0.1) is 0 Å². The van der Waals surface area contributed by atoms with Crippen molar-refractivity contribution >= 4 is 23.4 Å². The van der Waals surface area contributed by atoms with Crippen LogP contribution < -0.4 is 5.73 Å². The van der Waals surface area contributed by atoms with E-state index in [4.69, 9.17) is 17.3 Å². The fourth-order valence-electron chi connectivity index (χ4n) is 1.82. The first-order valence-electron chi connectivity index (χ1n) is 4.80. The second-order valence-electron chi connectivity index (χ2n) is 3.76. The van der Waals surface area contributed by atoms with Crippen LogP contribution in [0.5, 0.6) is 0 Å². The zero-order valence-corrected chi connectivity index (χ0v) is 9.79. The van der Waals surface area contributed by atoms with Gasteiger partial charge in [-0.3, -0.25) is 0 Å². The van der Waals surface area contributed by atoms with Gasteiger partial charge >= 0.3 is 0 Å². The molecule has 1 unspecified atom stereocenters. The molecule has 1 aliphatic rings. The average Bonchev–Trinajstić information content (AvgIpc) is 2.29. The first-order valence-corrected chi connectivity index (χ1v) is 6.34. The number of benzene rings is 1. The Balaban J connectivity index is 2.53. The summed E-state index contributed by atoms with van der Waals surface area (Å²) in [4.78, 5) is 0. The van der Waals surface area contributed by atoms with Crippen molar-refractivity contribution in [3.8, 4) is 0 Å². The van der Waals surface area contributed by atoms with Crippen molar-refractivity contribution in [2.24, 2.45) is 5.73 Å². The second kappa shape index (κ2) is 4.13. The third-order valence-corrected chi connectivity index (χ3v) is 3.95. The van der Waals surface area contributed by atoms with Gasteiger partial charge in [0.25, 0.3) is 0 Å². The minimum Gasteiger partial charge on any atom is -0.324 e. The summed E-state index contributed by atoms with van der Waals surface area (Å²) in [7, 11) is 0. The summed E-state index contributed by atoms with van der Waals surface area (Å²) in [5.41, 5.74) is 9.81. The molecule has 1 heterocycles. The molecule has 1 aromatic carbocycles. The van der Waals surface area contributed by atoms with E-state index in [0.29, 0.717) is 0 Å². The van der Waals surface area contributed by atoms with Gasteiger partial charge in [0.2, 0.25) is 0 Å². The lowest BCUT2D eigenvalue weighted by atomic mass is 9.98. The highest BCUT2D eigenvalue weighted by molar-refractivity contribution is 7.98. The molecule has 0 aliphatic carbocycles. The van der Waals surface area contributed by atoms with E-state index < -0.39 is 0 Å². The molecule has 14 heavy (non-hydrogen) atoms. The molecule has 0 saturated carbocycles. The maximum Gasteiger partial charge on any atom is 0.0452 e. The van der Waals surface area contributed by atoms with Crippen LogP contribution in [0.3, 0.4) is 0 Å².